The molecule has 2 aromatic carbocycles. The highest BCUT2D eigenvalue weighted by molar-refractivity contribution is 7.98. The van der Waals surface area contributed by atoms with Gasteiger partial charge >= 0.3 is 0 Å². The van der Waals surface area contributed by atoms with Gasteiger partial charge in [-0.25, -0.2) is 0 Å². The summed E-state index contributed by atoms with van der Waals surface area (Å²) in [7, 11) is 0. The Kier molecular flexibility index (Phi) is 6.07. The van der Waals surface area contributed by atoms with Crippen molar-refractivity contribution in [3.8, 4) is 5.69 Å². The van der Waals surface area contributed by atoms with Crippen molar-refractivity contribution in [1.82, 2.24) is 14.8 Å². The van der Waals surface area contributed by atoms with E-state index in [4.69, 9.17) is 23.2 Å². The lowest BCUT2D eigenvalue weighted by atomic mass is 10.2. The van der Waals surface area contributed by atoms with Crippen LogP contribution in [0.2, 0.25) is 10.0 Å². The molecule has 0 spiro atoms. The summed E-state index contributed by atoms with van der Waals surface area (Å²) in [4.78, 5) is 1.26. The average molecular weight is 446 g/mol. The Balaban J connectivity index is 1.68. The lowest BCUT2D eigenvalue weighted by molar-refractivity contribution is 0.850. The molecule has 2 aromatic heterocycles. The number of aromatic nitrogens is 3. The summed E-state index contributed by atoms with van der Waals surface area (Å²) in [6.07, 6.45) is 0.742. The number of thioether (sulfide) groups is 1. The monoisotopic (exact) mass is 445 g/mol. The zero-order chi connectivity index (χ0) is 19.5. The van der Waals surface area contributed by atoms with Gasteiger partial charge in [0, 0.05) is 32.8 Å². The second-order valence-corrected chi connectivity index (χ2v) is 9.10. The molecule has 0 N–H and O–H groups in total. The smallest absolute Gasteiger partial charge is 0.196 e. The molecule has 2 heterocycles. The molecule has 0 aliphatic heterocycles. The van der Waals surface area contributed by atoms with Crippen LogP contribution in [-0.2, 0) is 12.2 Å². The van der Waals surface area contributed by atoms with Crippen molar-refractivity contribution in [3.63, 3.8) is 0 Å². The van der Waals surface area contributed by atoms with E-state index in [9.17, 15) is 0 Å². The number of nitrogens with zero attached hydrogens (tertiary/aromatic N) is 3. The maximum absolute atomic E-state index is 6.33. The van der Waals surface area contributed by atoms with E-state index in [0.29, 0.717) is 15.8 Å². The van der Waals surface area contributed by atoms with E-state index in [0.717, 1.165) is 28.7 Å². The molecule has 0 saturated heterocycles. The molecule has 142 valence electrons. The highest BCUT2D eigenvalue weighted by atomic mass is 35.5. The van der Waals surface area contributed by atoms with Crippen LogP contribution >= 0.6 is 46.3 Å². The van der Waals surface area contributed by atoms with Crippen molar-refractivity contribution in [1.29, 1.82) is 0 Å². The summed E-state index contributed by atoms with van der Waals surface area (Å²) in [5.41, 5.74) is 3.18. The van der Waals surface area contributed by atoms with Gasteiger partial charge in [0.05, 0.1) is 0 Å². The van der Waals surface area contributed by atoms with Crippen molar-refractivity contribution in [3.05, 3.63) is 91.9 Å². The SMILES string of the molecule is Cc1ccc(-n2c(Cc3cccs3)nnc2SCc2c(Cl)cccc2Cl)cc1. The fourth-order valence-corrected chi connectivity index (χ4v) is 5.25. The van der Waals surface area contributed by atoms with Crippen molar-refractivity contribution < 1.29 is 0 Å². The summed E-state index contributed by atoms with van der Waals surface area (Å²) >= 11 is 16.0. The minimum absolute atomic E-state index is 0.626. The third-order valence-electron chi connectivity index (χ3n) is 4.31. The highest BCUT2D eigenvalue weighted by Crippen LogP contribution is 2.32. The maximum Gasteiger partial charge on any atom is 0.196 e. The summed E-state index contributed by atoms with van der Waals surface area (Å²) in [6, 6.07) is 18.1. The number of hydrogen-bond donors (Lipinski definition) is 0. The molecule has 4 aromatic rings. The predicted octanol–water partition coefficient (Wildman–Crippen LogP) is 6.83. The van der Waals surface area contributed by atoms with Crippen LogP contribution < -0.4 is 0 Å². The van der Waals surface area contributed by atoms with Crippen molar-refractivity contribution in [2.24, 2.45) is 0 Å². The van der Waals surface area contributed by atoms with Crippen molar-refractivity contribution >= 4 is 46.3 Å². The zero-order valence-electron chi connectivity index (χ0n) is 15.1. The van der Waals surface area contributed by atoms with E-state index in [1.54, 1.807) is 23.1 Å². The van der Waals surface area contributed by atoms with Gasteiger partial charge in [-0.15, -0.1) is 21.5 Å². The molecular weight excluding hydrogens is 429 g/mol. The minimum atomic E-state index is 0.626. The summed E-state index contributed by atoms with van der Waals surface area (Å²) in [5.74, 6) is 1.54. The van der Waals surface area contributed by atoms with Crippen molar-refractivity contribution in [2.75, 3.05) is 0 Å². The van der Waals surface area contributed by atoms with Gasteiger partial charge in [-0.2, -0.15) is 0 Å². The first-order valence-corrected chi connectivity index (χ1v) is 11.3. The van der Waals surface area contributed by atoms with Gasteiger partial charge in [0.15, 0.2) is 5.16 Å². The van der Waals surface area contributed by atoms with Gasteiger partial charge in [0.1, 0.15) is 5.82 Å². The predicted molar refractivity (Wildman–Crippen MR) is 119 cm³/mol. The van der Waals surface area contributed by atoms with Gasteiger partial charge in [0.25, 0.3) is 0 Å². The summed E-state index contributed by atoms with van der Waals surface area (Å²) in [6.45, 7) is 2.08. The minimum Gasteiger partial charge on any atom is -0.274 e. The van der Waals surface area contributed by atoms with Crippen LogP contribution in [0.1, 0.15) is 21.8 Å². The van der Waals surface area contributed by atoms with E-state index in [1.165, 1.54) is 10.4 Å². The second-order valence-electron chi connectivity index (χ2n) is 6.31. The third kappa shape index (κ3) is 4.28. The lowest BCUT2D eigenvalue weighted by Gasteiger charge is -2.11. The van der Waals surface area contributed by atoms with Gasteiger partial charge in [-0.1, -0.05) is 64.8 Å². The molecule has 0 aliphatic carbocycles. The van der Waals surface area contributed by atoms with Crippen LogP contribution in [0, 0.1) is 6.92 Å². The first-order chi connectivity index (χ1) is 13.6. The standard InChI is InChI=1S/C21H17Cl2N3S2/c1-14-7-9-15(10-8-14)26-20(12-16-4-3-11-27-16)24-25-21(26)28-13-17-18(22)5-2-6-19(17)23/h2-11H,12-13H2,1H3. The number of aryl methyl sites for hydroxylation is 1. The Morgan fingerprint density at radius 1 is 0.964 bits per heavy atom. The Bertz CT molecular complexity index is 1050. The van der Waals surface area contributed by atoms with Gasteiger partial charge < -0.3 is 0 Å². The molecule has 0 fully saturated rings. The molecule has 4 rings (SSSR count). The normalized spacial score (nSPS) is 11.1. The van der Waals surface area contributed by atoms with Gasteiger partial charge in [-0.05, 0) is 48.2 Å². The Morgan fingerprint density at radius 3 is 2.39 bits per heavy atom. The second kappa shape index (κ2) is 8.70. The molecule has 0 atom stereocenters. The molecule has 0 radical (unpaired) electrons. The maximum atomic E-state index is 6.33. The van der Waals surface area contributed by atoms with Crippen LogP contribution in [0.15, 0.2) is 65.1 Å². The molecule has 0 bridgehead atoms. The molecule has 28 heavy (non-hydrogen) atoms. The Labute approximate surface area is 182 Å². The summed E-state index contributed by atoms with van der Waals surface area (Å²) < 4.78 is 2.12. The van der Waals surface area contributed by atoms with Gasteiger partial charge in [-0.3, -0.25) is 4.57 Å². The van der Waals surface area contributed by atoms with E-state index in [2.05, 4.69) is 63.5 Å². The molecular formula is C21H17Cl2N3S2. The molecule has 3 nitrogen and oxygen atoms in total. The number of rotatable bonds is 6. The first-order valence-electron chi connectivity index (χ1n) is 8.71. The molecule has 0 saturated carbocycles. The topological polar surface area (TPSA) is 30.7 Å². The van der Waals surface area contributed by atoms with Crippen LogP contribution in [-0.4, -0.2) is 14.8 Å². The van der Waals surface area contributed by atoms with Crippen LogP contribution in [0.5, 0.6) is 0 Å². The van der Waals surface area contributed by atoms with Crippen LogP contribution in [0.4, 0.5) is 0 Å². The molecule has 0 aliphatic rings. The van der Waals surface area contributed by atoms with Crippen LogP contribution in [0.3, 0.4) is 0 Å². The fraction of sp³-hybridized carbons (Fsp3) is 0.143. The quantitative estimate of drug-likeness (QED) is 0.304. The zero-order valence-corrected chi connectivity index (χ0v) is 18.2. The first kappa shape index (κ1) is 19.5. The average Bonchev–Trinajstić information content (AvgIpc) is 3.33. The van der Waals surface area contributed by atoms with Gasteiger partial charge in [0.2, 0.25) is 0 Å². The third-order valence-corrected chi connectivity index (χ3v) is 6.85. The van der Waals surface area contributed by atoms with E-state index >= 15 is 0 Å². The molecule has 7 heteroatoms. The highest BCUT2D eigenvalue weighted by Gasteiger charge is 2.17. The molecule has 0 amide bonds. The number of halogens is 2. The van der Waals surface area contributed by atoms with E-state index in [1.807, 2.05) is 18.2 Å². The fourth-order valence-electron chi connectivity index (χ4n) is 2.84. The van der Waals surface area contributed by atoms with E-state index < -0.39 is 0 Å². The van der Waals surface area contributed by atoms with Crippen LogP contribution in [0.25, 0.3) is 5.69 Å². The van der Waals surface area contributed by atoms with E-state index in [-0.39, 0.29) is 0 Å². The number of thiophene rings is 1. The molecule has 0 unspecified atom stereocenters. The number of benzene rings is 2. The summed E-state index contributed by atoms with van der Waals surface area (Å²) in [5, 5.41) is 13.2. The Hall–Kier alpha value is -1.79. The van der Waals surface area contributed by atoms with Crippen molar-refractivity contribution in [2.45, 2.75) is 24.3 Å². The lowest BCUT2D eigenvalue weighted by Crippen LogP contribution is -2.03. The number of hydrogen-bond acceptors (Lipinski definition) is 4. The Morgan fingerprint density at radius 2 is 1.71 bits per heavy atom. The largest absolute Gasteiger partial charge is 0.274 e.